The van der Waals surface area contributed by atoms with Gasteiger partial charge in [-0.15, -0.1) is 0 Å². The Morgan fingerprint density at radius 2 is 0.675 bits per heavy atom. The molecule has 0 aliphatic rings. The summed E-state index contributed by atoms with van der Waals surface area (Å²) in [5.41, 5.74) is 20.3. The number of nitrogens with zero attached hydrogens (tertiary/aromatic N) is 4. The molecule has 366 valence electrons. The summed E-state index contributed by atoms with van der Waals surface area (Å²) in [5.74, 6) is 0. The first-order chi connectivity index (χ1) is 38.1. The molecule has 13 aromatic rings. The molecule has 0 bridgehead atoms. The summed E-state index contributed by atoms with van der Waals surface area (Å²) in [7, 11) is 0. The van der Waals surface area contributed by atoms with Crippen LogP contribution in [0.2, 0.25) is 0 Å². The smallest absolute Gasteiger partial charge is 0.0542 e. The van der Waals surface area contributed by atoms with E-state index in [0.717, 1.165) is 67.7 Å². The second-order valence-corrected chi connectivity index (χ2v) is 19.4. The second kappa shape index (κ2) is 20.3. The Morgan fingerprint density at radius 3 is 1.13 bits per heavy atom. The van der Waals surface area contributed by atoms with Gasteiger partial charge in [0.2, 0.25) is 0 Å². The molecule has 0 aliphatic heterocycles. The van der Waals surface area contributed by atoms with Crippen LogP contribution in [0.25, 0.3) is 88.4 Å². The largest absolute Gasteiger partial charge is 0.310 e. The standard InChI is InChI=1S/C73H54N4/c1-3-18-58(19-4-2)76-70-28-16-14-26-66(70)68-50-64(46-48-72(68)76)74(60-38-30-54(31-39-60)52-20-8-5-9-21-52)62-42-34-56(35-43-62)57-36-44-63(45-37-57)75(61-40-32-55(33-41-61)53-22-10-6-11-23-53)65-47-49-73-69(51-65)67-27-15-17-29-71(67)77(73)59-24-12-7-13-25-59/h3-51H,1H2,2H3/b19-4-,58-18+. The highest BCUT2D eigenvalue weighted by Gasteiger charge is 2.20. The normalized spacial score (nSPS) is 11.8. The molecule has 4 nitrogen and oxygen atoms in total. The number of hydrogen-bond donors (Lipinski definition) is 0. The van der Waals surface area contributed by atoms with E-state index in [1.807, 2.05) is 6.08 Å². The molecule has 0 saturated heterocycles. The Balaban J connectivity index is 0.884. The second-order valence-electron chi connectivity index (χ2n) is 19.4. The van der Waals surface area contributed by atoms with Gasteiger partial charge in [-0.1, -0.05) is 183 Å². The van der Waals surface area contributed by atoms with Crippen molar-refractivity contribution in [1.29, 1.82) is 0 Å². The van der Waals surface area contributed by atoms with E-state index in [4.69, 9.17) is 0 Å². The molecule has 2 heterocycles. The van der Waals surface area contributed by atoms with Crippen molar-refractivity contribution in [3.8, 4) is 39.1 Å². The number of allylic oxidation sites excluding steroid dienone is 5. The van der Waals surface area contributed by atoms with E-state index in [0.29, 0.717) is 0 Å². The Kier molecular flexibility index (Phi) is 12.3. The van der Waals surface area contributed by atoms with Crippen LogP contribution >= 0.6 is 0 Å². The highest BCUT2D eigenvalue weighted by atomic mass is 15.1. The quantitative estimate of drug-likeness (QED) is 0.107. The third-order valence-corrected chi connectivity index (χ3v) is 14.8. The zero-order valence-corrected chi connectivity index (χ0v) is 42.8. The summed E-state index contributed by atoms with van der Waals surface area (Å²) in [4.78, 5) is 4.75. The summed E-state index contributed by atoms with van der Waals surface area (Å²) < 4.78 is 4.71. The molecule has 13 rings (SSSR count). The first kappa shape index (κ1) is 46.6. The van der Waals surface area contributed by atoms with Gasteiger partial charge >= 0.3 is 0 Å². The molecule has 0 atom stereocenters. The van der Waals surface area contributed by atoms with E-state index >= 15 is 0 Å². The molecular weight excluding hydrogens is 933 g/mol. The Morgan fingerprint density at radius 1 is 0.338 bits per heavy atom. The molecule has 11 aromatic carbocycles. The van der Waals surface area contributed by atoms with Crippen LogP contribution in [0.4, 0.5) is 34.1 Å². The molecule has 0 spiro atoms. The summed E-state index contributed by atoms with van der Waals surface area (Å²) in [6.45, 7) is 6.10. The van der Waals surface area contributed by atoms with Crippen molar-refractivity contribution >= 4 is 83.4 Å². The van der Waals surface area contributed by atoms with Gasteiger partial charge in [0.25, 0.3) is 0 Å². The molecule has 2 aromatic heterocycles. The highest BCUT2D eigenvalue weighted by Crippen LogP contribution is 2.43. The third-order valence-electron chi connectivity index (χ3n) is 14.8. The minimum absolute atomic E-state index is 1.06. The number of anilines is 6. The number of hydrogen-bond acceptors (Lipinski definition) is 2. The lowest BCUT2D eigenvalue weighted by atomic mass is 10.0. The maximum Gasteiger partial charge on any atom is 0.0542 e. The van der Waals surface area contributed by atoms with E-state index in [2.05, 4.69) is 324 Å². The van der Waals surface area contributed by atoms with E-state index in [9.17, 15) is 0 Å². The first-order valence-electron chi connectivity index (χ1n) is 26.3. The predicted octanol–water partition coefficient (Wildman–Crippen LogP) is 20.4. The molecule has 77 heavy (non-hydrogen) atoms. The Hall–Kier alpha value is -10.2. The van der Waals surface area contributed by atoms with Crippen LogP contribution in [-0.2, 0) is 0 Å². The fourth-order valence-corrected chi connectivity index (χ4v) is 11.2. The van der Waals surface area contributed by atoms with E-state index in [1.165, 1.54) is 54.8 Å². The van der Waals surface area contributed by atoms with Gasteiger partial charge in [-0.3, -0.25) is 0 Å². The van der Waals surface area contributed by atoms with Crippen LogP contribution in [0.1, 0.15) is 6.92 Å². The molecule has 0 amide bonds. The van der Waals surface area contributed by atoms with Crippen LogP contribution in [0, 0.1) is 0 Å². The van der Waals surface area contributed by atoms with Crippen LogP contribution in [0.5, 0.6) is 0 Å². The molecule has 4 heteroatoms. The number of benzene rings is 11. The highest BCUT2D eigenvalue weighted by molar-refractivity contribution is 6.12. The zero-order chi connectivity index (χ0) is 51.7. The molecule has 0 N–H and O–H groups in total. The van der Waals surface area contributed by atoms with Crippen molar-refractivity contribution in [3.05, 3.63) is 304 Å². The minimum Gasteiger partial charge on any atom is -0.310 e. The molecule has 0 saturated carbocycles. The van der Waals surface area contributed by atoms with Crippen LogP contribution in [0.3, 0.4) is 0 Å². The molecule has 0 aliphatic carbocycles. The summed E-state index contributed by atoms with van der Waals surface area (Å²) >= 11 is 0. The topological polar surface area (TPSA) is 16.3 Å². The van der Waals surface area contributed by atoms with Crippen LogP contribution < -0.4 is 9.80 Å². The number of aromatic nitrogens is 2. The lowest BCUT2D eigenvalue weighted by molar-refractivity contribution is 1.18. The lowest BCUT2D eigenvalue weighted by Crippen LogP contribution is -2.10. The SMILES string of the molecule is C=C/C=C(\C=C/C)n1c2ccccc2c2cc(N(c3ccc(-c4ccccc4)cc3)c3ccc(-c4ccc(N(c5ccc(-c6ccccc6)cc5)c5ccc6c(c5)c5ccccc5n6-c5ccccc5)cc4)cc3)ccc21. The van der Waals surface area contributed by atoms with E-state index in [-0.39, 0.29) is 0 Å². The van der Waals surface area contributed by atoms with Crippen molar-refractivity contribution in [2.75, 3.05) is 9.80 Å². The Bertz CT molecular complexity index is 4300. The van der Waals surface area contributed by atoms with Gasteiger partial charge in [-0.2, -0.15) is 0 Å². The first-order valence-corrected chi connectivity index (χ1v) is 26.3. The average Bonchev–Trinajstić information content (AvgIpc) is 4.05. The van der Waals surface area contributed by atoms with Gasteiger partial charge < -0.3 is 18.9 Å². The maximum atomic E-state index is 4.04. The van der Waals surface area contributed by atoms with E-state index < -0.39 is 0 Å². The summed E-state index contributed by atoms with van der Waals surface area (Å²) in [5, 5.41) is 4.80. The Labute approximate surface area is 449 Å². The fourth-order valence-electron chi connectivity index (χ4n) is 11.2. The third kappa shape index (κ3) is 8.68. The monoisotopic (exact) mass is 986 g/mol. The number of rotatable bonds is 13. The summed E-state index contributed by atoms with van der Waals surface area (Å²) in [6.07, 6.45) is 8.16. The van der Waals surface area contributed by atoms with Gasteiger partial charge in [-0.25, -0.2) is 0 Å². The molecular formula is C73H54N4. The van der Waals surface area contributed by atoms with Gasteiger partial charge in [0, 0.05) is 67.1 Å². The van der Waals surface area contributed by atoms with Crippen molar-refractivity contribution in [2.24, 2.45) is 0 Å². The molecule has 0 fully saturated rings. The van der Waals surface area contributed by atoms with Crippen molar-refractivity contribution in [3.63, 3.8) is 0 Å². The van der Waals surface area contributed by atoms with E-state index in [1.54, 1.807) is 0 Å². The molecule has 0 radical (unpaired) electrons. The summed E-state index contributed by atoms with van der Waals surface area (Å²) in [6, 6.07) is 98.8. The van der Waals surface area contributed by atoms with Crippen molar-refractivity contribution < 1.29 is 0 Å². The van der Waals surface area contributed by atoms with Crippen molar-refractivity contribution in [2.45, 2.75) is 6.92 Å². The number of fused-ring (bicyclic) bond motifs is 6. The van der Waals surface area contributed by atoms with Gasteiger partial charge in [-0.05, 0) is 162 Å². The predicted molar refractivity (Wildman–Crippen MR) is 329 cm³/mol. The van der Waals surface area contributed by atoms with Gasteiger partial charge in [0.15, 0.2) is 0 Å². The minimum atomic E-state index is 1.06. The van der Waals surface area contributed by atoms with Crippen LogP contribution in [-0.4, -0.2) is 9.13 Å². The van der Waals surface area contributed by atoms with Gasteiger partial charge in [0.05, 0.1) is 22.1 Å². The number of para-hydroxylation sites is 3. The van der Waals surface area contributed by atoms with Crippen molar-refractivity contribution in [1.82, 2.24) is 9.13 Å². The average molecular weight is 987 g/mol. The maximum absolute atomic E-state index is 4.04. The zero-order valence-electron chi connectivity index (χ0n) is 42.8. The van der Waals surface area contributed by atoms with Crippen LogP contribution in [0.15, 0.2) is 304 Å². The fraction of sp³-hybridized carbons (Fsp3) is 0.0137. The van der Waals surface area contributed by atoms with Gasteiger partial charge in [0.1, 0.15) is 0 Å². The lowest BCUT2D eigenvalue weighted by Gasteiger charge is -2.27. The molecule has 0 unspecified atom stereocenters.